The molecule has 0 aromatic carbocycles. The molecular weight excluding hydrogens is 232 g/mol. The molecule has 104 valence electrons. The predicted molar refractivity (Wildman–Crippen MR) is 68.1 cm³/mol. The van der Waals surface area contributed by atoms with Gasteiger partial charge in [-0.3, -0.25) is 0 Å². The Labute approximate surface area is 109 Å². The van der Waals surface area contributed by atoms with Gasteiger partial charge in [0, 0.05) is 0 Å². The Morgan fingerprint density at radius 2 is 2.00 bits per heavy atom. The summed E-state index contributed by atoms with van der Waals surface area (Å²) in [6.45, 7) is 12.3. The summed E-state index contributed by atoms with van der Waals surface area (Å²) in [5.41, 5.74) is 0. The van der Waals surface area contributed by atoms with E-state index in [1.54, 1.807) is 6.08 Å². The van der Waals surface area contributed by atoms with Crippen LogP contribution in [0.3, 0.4) is 0 Å². The van der Waals surface area contributed by atoms with Gasteiger partial charge >= 0.3 is 0 Å². The van der Waals surface area contributed by atoms with Crippen LogP contribution in [0.4, 0.5) is 0 Å². The fourth-order valence-corrected chi connectivity index (χ4v) is 2.58. The molecule has 0 bridgehead atoms. The maximum atomic E-state index is 5.97. The lowest BCUT2D eigenvalue weighted by atomic mass is 9.96. The van der Waals surface area contributed by atoms with E-state index in [1.165, 1.54) is 0 Å². The van der Waals surface area contributed by atoms with Gasteiger partial charge in [0.05, 0.1) is 12.7 Å². The van der Waals surface area contributed by atoms with Gasteiger partial charge in [-0.2, -0.15) is 0 Å². The standard InChI is InChI=1S/C14H24O4/c1-6-8-15-13-12-11(17-14(4,5)18-12)10(16-13)9(3)7-2/h6,9-13H,1,7-8H2,2-5H3/t9?,10?,11-,12-,13?/m0/s1. The summed E-state index contributed by atoms with van der Waals surface area (Å²) in [5, 5.41) is 0. The lowest BCUT2D eigenvalue weighted by molar-refractivity contribution is -0.235. The number of fused-ring (bicyclic) bond motifs is 1. The molecule has 2 fully saturated rings. The van der Waals surface area contributed by atoms with Gasteiger partial charge in [-0.25, -0.2) is 0 Å². The highest BCUT2D eigenvalue weighted by atomic mass is 16.8. The summed E-state index contributed by atoms with van der Waals surface area (Å²) in [6.07, 6.45) is 2.27. The van der Waals surface area contributed by atoms with Crippen molar-refractivity contribution in [2.45, 2.75) is 64.5 Å². The lowest BCUT2D eigenvalue weighted by Crippen LogP contribution is -2.33. The van der Waals surface area contributed by atoms with Gasteiger partial charge in [0.25, 0.3) is 0 Å². The Bertz CT molecular complexity index is 302. The fraction of sp³-hybridized carbons (Fsp3) is 0.857. The molecule has 2 heterocycles. The Morgan fingerprint density at radius 1 is 1.33 bits per heavy atom. The van der Waals surface area contributed by atoms with Crippen LogP contribution in [0.15, 0.2) is 12.7 Å². The third-order valence-corrected chi connectivity index (χ3v) is 3.63. The summed E-state index contributed by atoms with van der Waals surface area (Å²) in [7, 11) is 0. The van der Waals surface area contributed by atoms with Gasteiger partial charge < -0.3 is 18.9 Å². The minimum absolute atomic E-state index is 0.0373. The van der Waals surface area contributed by atoms with Crippen LogP contribution in [0.5, 0.6) is 0 Å². The van der Waals surface area contributed by atoms with Crippen LogP contribution >= 0.6 is 0 Å². The van der Waals surface area contributed by atoms with E-state index in [1.807, 2.05) is 13.8 Å². The Hall–Kier alpha value is -0.420. The highest BCUT2D eigenvalue weighted by molar-refractivity contribution is 4.96. The average Bonchev–Trinajstić information content (AvgIpc) is 2.79. The van der Waals surface area contributed by atoms with E-state index in [0.717, 1.165) is 6.42 Å². The SMILES string of the molecule is C=CCOC1OC(C(C)CC)[C@@H]2OC(C)(C)O[C@H]12. The molecule has 0 aliphatic carbocycles. The van der Waals surface area contributed by atoms with Crippen molar-refractivity contribution in [2.75, 3.05) is 6.61 Å². The third-order valence-electron chi connectivity index (χ3n) is 3.63. The average molecular weight is 256 g/mol. The van der Waals surface area contributed by atoms with Crippen molar-refractivity contribution < 1.29 is 18.9 Å². The summed E-state index contributed by atoms with van der Waals surface area (Å²) >= 11 is 0. The van der Waals surface area contributed by atoms with E-state index in [2.05, 4.69) is 20.4 Å². The van der Waals surface area contributed by atoms with Crippen LogP contribution < -0.4 is 0 Å². The molecule has 0 aromatic heterocycles. The van der Waals surface area contributed by atoms with E-state index >= 15 is 0 Å². The van der Waals surface area contributed by atoms with Crippen molar-refractivity contribution in [3.8, 4) is 0 Å². The molecule has 4 heteroatoms. The number of hydrogen-bond acceptors (Lipinski definition) is 4. The summed E-state index contributed by atoms with van der Waals surface area (Å²) in [6, 6.07) is 0. The second kappa shape index (κ2) is 5.29. The highest BCUT2D eigenvalue weighted by Gasteiger charge is 2.56. The van der Waals surface area contributed by atoms with Crippen LogP contribution in [0, 0.1) is 5.92 Å². The molecule has 0 aromatic rings. The zero-order valence-electron chi connectivity index (χ0n) is 11.7. The molecule has 0 amide bonds. The molecular formula is C14H24O4. The van der Waals surface area contributed by atoms with Gasteiger partial charge in [-0.1, -0.05) is 26.3 Å². The molecule has 2 aliphatic rings. The molecule has 3 unspecified atom stereocenters. The molecule has 2 aliphatic heterocycles. The fourth-order valence-electron chi connectivity index (χ4n) is 2.58. The topological polar surface area (TPSA) is 36.9 Å². The first-order chi connectivity index (χ1) is 8.48. The van der Waals surface area contributed by atoms with Crippen molar-refractivity contribution >= 4 is 0 Å². The smallest absolute Gasteiger partial charge is 0.187 e. The summed E-state index contributed by atoms with van der Waals surface area (Å²) in [4.78, 5) is 0. The maximum absolute atomic E-state index is 5.97. The van der Waals surface area contributed by atoms with E-state index in [0.29, 0.717) is 12.5 Å². The van der Waals surface area contributed by atoms with Gasteiger partial charge in [0.2, 0.25) is 0 Å². The first-order valence-corrected chi connectivity index (χ1v) is 6.72. The van der Waals surface area contributed by atoms with Crippen molar-refractivity contribution in [1.82, 2.24) is 0 Å². The van der Waals surface area contributed by atoms with Gasteiger partial charge in [0.1, 0.15) is 12.2 Å². The third kappa shape index (κ3) is 2.62. The molecule has 5 atom stereocenters. The van der Waals surface area contributed by atoms with Crippen molar-refractivity contribution in [3.63, 3.8) is 0 Å². The molecule has 18 heavy (non-hydrogen) atoms. The summed E-state index contributed by atoms with van der Waals surface area (Å²) in [5.74, 6) is -0.131. The van der Waals surface area contributed by atoms with Crippen LogP contribution in [0.25, 0.3) is 0 Å². The zero-order chi connectivity index (χ0) is 13.3. The first-order valence-electron chi connectivity index (χ1n) is 6.72. The maximum Gasteiger partial charge on any atom is 0.187 e. The quantitative estimate of drug-likeness (QED) is 0.708. The lowest BCUT2D eigenvalue weighted by Gasteiger charge is -2.26. The van der Waals surface area contributed by atoms with Crippen LogP contribution in [0.1, 0.15) is 34.1 Å². The zero-order valence-corrected chi connectivity index (χ0v) is 11.7. The normalized spacial score (nSPS) is 39.6. The molecule has 2 saturated heterocycles. The van der Waals surface area contributed by atoms with Crippen molar-refractivity contribution in [2.24, 2.45) is 5.92 Å². The van der Waals surface area contributed by atoms with Crippen LogP contribution in [-0.4, -0.2) is 37.0 Å². The molecule has 4 nitrogen and oxygen atoms in total. The molecule has 0 saturated carbocycles. The molecule has 0 spiro atoms. The van der Waals surface area contributed by atoms with E-state index in [-0.39, 0.29) is 24.6 Å². The Balaban J connectivity index is 2.09. The minimum atomic E-state index is -0.555. The van der Waals surface area contributed by atoms with Crippen LogP contribution in [-0.2, 0) is 18.9 Å². The second-order valence-electron chi connectivity index (χ2n) is 5.54. The molecule has 0 N–H and O–H groups in total. The highest BCUT2D eigenvalue weighted by Crippen LogP contribution is 2.41. The van der Waals surface area contributed by atoms with Crippen molar-refractivity contribution in [3.05, 3.63) is 12.7 Å². The van der Waals surface area contributed by atoms with Gasteiger partial charge in [0.15, 0.2) is 12.1 Å². The minimum Gasteiger partial charge on any atom is -0.346 e. The largest absolute Gasteiger partial charge is 0.346 e. The number of hydrogen-bond donors (Lipinski definition) is 0. The summed E-state index contributed by atoms with van der Waals surface area (Å²) < 4.78 is 23.5. The van der Waals surface area contributed by atoms with E-state index in [4.69, 9.17) is 18.9 Å². The monoisotopic (exact) mass is 256 g/mol. The van der Waals surface area contributed by atoms with E-state index < -0.39 is 5.79 Å². The molecule has 2 rings (SSSR count). The van der Waals surface area contributed by atoms with Crippen LogP contribution in [0.2, 0.25) is 0 Å². The van der Waals surface area contributed by atoms with Gasteiger partial charge in [-0.05, 0) is 19.8 Å². The number of ether oxygens (including phenoxy) is 4. The van der Waals surface area contributed by atoms with Gasteiger partial charge in [-0.15, -0.1) is 6.58 Å². The van der Waals surface area contributed by atoms with E-state index in [9.17, 15) is 0 Å². The Kier molecular flexibility index (Phi) is 4.11. The first kappa shape index (κ1) is 14.0. The molecule has 0 radical (unpaired) electrons. The second-order valence-corrected chi connectivity index (χ2v) is 5.54. The predicted octanol–water partition coefficient (Wildman–Crippen LogP) is 2.48. The number of rotatable bonds is 5. The van der Waals surface area contributed by atoms with Crippen molar-refractivity contribution in [1.29, 1.82) is 0 Å². The Morgan fingerprint density at radius 3 is 2.61 bits per heavy atom.